The van der Waals surface area contributed by atoms with Crippen LogP contribution in [0.5, 0.6) is 0 Å². The molecule has 0 bridgehead atoms. The summed E-state index contributed by atoms with van der Waals surface area (Å²) >= 11 is 10.8. The first-order valence-corrected chi connectivity index (χ1v) is 8.42. The molecule has 1 amide bonds. The predicted octanol–water partition coefficient (Wildman–Crippen LogP) is 5.02. The van der Waals surface area contributed by atoms with Crippen molar-refractivity contribution in [3.8, 4) is 0 Å². The third kappa shape index (κ3) is 2.96. The molecule has 21 heavy (non-hydrogen) atoms. The Kier molecular flexibility index (Phi) is 4.24. The number of hydrogen-bond donors (Lipinski definition) is 0. The number of anilines is 1. The van der Waals surface area contributed by atoms with Crippen molar-refractivity contribution in [1.29, 1.82) is 0 Å². The number of carbonyl (C=O) groups excluding carboxylic acids is 1. The number of hydrogen-bond acceptors (Lipinski definition) is 2. The van der Waals surface area contributed by atoms with Crippen LogP contribution >= 0.6 is 39.3 Å². The zero-order chi connectivity index (χ0) is 15.0. The number of rotatable bonds is 2. The largest absolute Gasteiger partial charge is 0.295 e. The van der Waals surface area contributed by atoms with Gasteiger partial charge in [-0.15, -0.1) is 11.8 Å². The molecule has 0 unspecified atom stereocenters. The molecule has 1 atom stereocenters. The predicted molar refractivity (Wildman–Crippen MR) is 88.2 cm³/mol. The molecular weight excluding hydrogens is 377 g/mol. The monoisotopic (exact) mass is 385 g/mol. The summed E-state index contributed by atoms with van der Waals surface area (Å²) in [4.78, 5) is 13.9. The number of nitrogens with zero attached hydrogens (tertiary/aromatic N) is 1. The Bertz CT molecular complexity index is 712. The Labute approximate surface area is 139 Å². The van der Waals surface area contributed by atoms with Gasteiger partial charge < -0.3 is 0 Å². The molecule has 1 heterocycles. The highest BCUT2D eigenvalue weighted by molar-refractivity contribution is 9.10. The minimum absolute atomic E-state index is 0.00681. The highest BCUT2D eigenvalue weighted by Gasteiger charge is 2.34. The fourth-order valence-corrected chi connectivity index (χ4v) is 4.00. The molecule has 0 aliphatic carbocycles. The van der Waals surface area contributed by atoms with Gasteiger partial charge in [0.2, 0.25) is 5.91 Å². The second-order valence-electron chi connectivity index (χ2n) is 4.58. The maximum atomic E-state index is 13.3. The summed E-state index contributed by atoms with van der Waals surface area (Å²) in [6.07, 6.45) is 0. The fraction of sp³-hybridized carbons (Fsp3) is 0.133. The number of thioether (sulfide) groups is 1. The van der Waals surface area contributed by atoms with Gasteiger partial charge in [0, 0.05) is 10.2 Å². The Morgan fingerprint density at radius 3 is 2.81 bits per heavy atom. The van der Waals surface area contributed by atoms with Crippen LogP contribution in [0.2, 0.25) is 5.02 Å². The molecule has 0 aromatic heterocycles. The molecule has 2 aromatic carbocycles. The first-order chi connectivity index (χ1) is 10.1. The van der Waals surface area contributed by atoms with Crippen LogP contribution in [0, 0.1) is 5.82 Å². The summed E-state index contributed by atoms with van der Waals surface area (Å²) in [7, 11) is 0. The van der Waals surface area contributed by atoms with Crippen LogP contribution in [0.4, 0.5) is 10.1 Å². The van der Waals surface area contributed by atoms with E-state index in [0.717, 1.165) is 10.0 Å². The Balaban J connectivity index is 2.01. The molecule has 0 N–H and O–H groups in total. The van der Waals surface area contributed by atoms with Crippen LogP contribution in [-0.2, 0) is 4.79 Å². The van der Waals surface area contributed by atoms with Gasteiger partial charge in [-0.05, 0) is 35.9 Å². The summed E-state index contributed by atoms with van der Waals surface area (Å²) in [5.41, 5.74) is 1.63. The lowest BCUT2D eigenvalue weighted by atomic mass is 10.2. The van der Waals surface area contributed by atoms with E-state index >= 15 is 0 Å². The van der Waals surface area contributed by atoms with Crippen LogP contribution < -0.4 is 4.90 Å². The number of carbonyl (C=O) groups is 1. The average molecular weight is 387 g/mol. The van der Waals surface area contributed by atoms with E-state index in [0.29, 0.717) is 11.4 Å². The summed E-state index contributed by atoms with van der Waals surface area (Å²) < 4.78 is 14.3. The average Bonchev–Trinajstić information content (AvgIpc) is 2.84. The minimum atomic E-state index is -0.487. The van der Waals surface area contributed by atoms with Crippen molar-refractivity contribution in [2.24, 2.45) is 0 Å². The van der Waals surface area contributed by atoms with Gasteiger partial charge in [-0.3, -0.25) is 9.69 Å². The van der Waals surface area contributed by atoms with Crippen molar-refractivity contribution in [2.75, 3.05) is 10.7 Å². The molecule has 3 rings (SSSR count). The Hall–Kier alpha value is -1.04. The Morgan fingerprint density at radius 1 is 1.29 bits per heavy atom. The van der Waals surface area contributed by atoms with E-state index in [1.807, 2.05) is 24.3 Å². The van der Waals surface area contributed by atoms with Crippen molar-refractivity contribution in [1.82, 2.24) is 0 Å². The molecule has 1 fully saturated rings. The van der Waals surface area contributed by atoms with Crippen molar-refractivity contribution < 1.29 is 9.18 Å². The van der Waals surface area contributed by atoms with Crippen LogP contribution in [0.1, 0.15) is 10.9 Å². The van der Waals surface area contributed by atoms with Gasteiger partial charge in [0.15, 0.2) is 0 Å². The lowest BCUT2D eigenvalue weighted by Crippen LogP contribution is -2.27. The van der Waals surface area contributed by atoms with Gasteiger partial charge >= 0.3 is 0 Å². The summed E-state index contributed by atoms with van der Waals surface area (Å²) in [5.74, 6) is -0.0991. The van der Waals surface area contributed by atoms with Crippen LogP contribution in [0.15, 0.2) is 46.9 Å². The van der Waals surface area contributed by atoms with Gasteiger partial charge in [-0.25, -0.2) is 4.39 Å². The standard InChI is InChI=1S/C15H10BrClFNOS/c16-10-3-1-2-9(6-10)15-19(14(20)8-21-15)11-4-5-13(18)12(17)7-11/h1-7,15H,8H2/t15-/m0/s1. The third-order valence-electron chi connectivity index (χ3n) is 3.18. The van der Waals surface area contributed by atoms with E-state index in [4.69, 9.17) is 11.6 Å². The molecular formula is C15H10BrClFNOS. The maximum Gasteiger partial charge on any atom is 0.238 e. The summed E-state index contributed by atoms with van der Waals surface area (Å²) in [5, 5.41) is -0.110. The van der Waals surface area contributed by atoms with Gasteiger partial charge in [0.1, 0.15) is 11.2 Å². The number of benzene rings is 2. The molecule has 1 aliphatic heterocycles. The van der Waals surface area contributed by atoms with Gasteiger partial charge in [0.25, 0.3) is 0 Å². The Morgan fingerprint density at radius 2 is 2.10 bits per heavy atom. The quantitative estimate of drug-likeness (QED) is 0.722. The molecule has 0 spiro atoms. The van der Waals surface area contributed by atoms with Gasteiger partial charge in [-0.1, -0.05) is 39.7 Å². The molecule has 0 radical (unpaired) electrons. The van der Waals surface area contributed by atoms with Crippen molar-refractivity contribution in [3.63, 3.8) is 0 Å². The lowest BCUT2D eigenvalue weighted by Gasteiger charge is -2.24. The van der Waals surface area contributed by atoms with Crippen molar-refractivity contribution >= 4 is 50.9 Å². The van der Waals surface area contributed by atoms with E-state index in [9.17, 15) is 9.18 Å². The second kappa shape index (κ2) is 5.99. The van der Waals surface area contributed by atoms with E-state index < -0.39 is 5.82 Å². The topological polar surface area (TPSA) is 20.3 Å². The number of halogens is 3. The maximum absolute atomic E-state index is 13.3. The van der Waals surface area contributed by atoms with E-state index in [-0.39, 0.29) is 16.3 Å². The smallest absolute Gasteiger partial charge is 0.238 e. The molecule has 0 saturated carbocycles. The molecule has 6 heteroatoms. The summed E-state index contributed by atoms with van der Waals surface area (Å²) in [6.45, 7) is 0. The van der Waals surface area contributed by atoms with E-state index in [1.54, 1.807) is 22.7 Å². The molecule has 108 valence electrons. The fourth-order valence-electron chi connectivity index (χ4n) is 2.24. The van der Waals surface area contributed by atoms with Crippen LogP contribution in [0.3, 0.4) is 0 Å². The minimum Gasteiger partial charge on any atom is -0.295 e. The molecule has 2 aromatic rings. The number of amides is 1. The van der Waals surface area contributed by atoms with E-state index in [1.165, 1.54) is 12.1 Å². The molecule has 1 aliphatic rings. The molecule has 2 nitrogen and oxygen atoms in total. The molecule has 1 saturated heterocycles. The summed E-state index contributed by atoms with van der Waals surface area (Å²) in [6, 6.07) is 12.2. The highest BCUT2D eigenvalue weighted by Crippen LogP contribution is 2.42. The van der Waals surface area contributed by atoms with E-state index in [2.05, 4.69) is 15.9 Å². The SMILES string of the molecule is O=C1CS[C@@H](c2cccc(Br)c2)N1c1ccc(F)c(Cl)c1. The zero-order valence-corrected chi connectivity index (χ0v) is 13.9. The van der Waals surface area contributed by atoms with Gasteiger partial charge in [-0.2, -0.15) is 0 Å². The van der Waals surface area contributed by atoms with Gasteiger partial charge in [0.05, 0.1) is 10.8 Å². The van der Waals surface area contributed by atoms with Crippen LogP contribution in [-0.4, -0.2) is 11.7 Å². The second-order valence-corrected chi connectivity index (χ2v) is 6.97. The first-order valence-electron chi connectivity index (χ1n) is 6.20. The highest BCUT2D eigenvalue weighted by atomic mass is 79.9. The normalized spacial score (nSPS) is 18.3. The zero-order valence-electron chi connectivity index (χ0n) is 10.7. The third-order valence-corrected chi connectivity index (χ3v) is 5.18. The first kappa shape index (κ1) is 14.9. The lowest BCUT2D eigenvalue weighted by molar-refractivity contribution is -0.115. The van der Waals surface area contributed by atoms with Crippen molar-refractivity contribution in [3.05, 3.63) is 63.3 Å². The van der Waals surface area contributed by atoms with Crippen molar-refractivity contribution in [2.45, 2.75) is 5.37 Å². The van der Waals surface area contributed by atoms with Crippen LogP contribution in [0.25, 0.3) is 0 Å².